The summed E-state index contributed by atoms with van der Waals surface area (Å²) in [6.45, 7) is 12.9. The number of rotatable bonds is 6. The average Bonchev–Trinajstić information content (AvgIpc) is 2.65. The molecule has 0 spiro atoms. The summed E-state index contributed by atoms with van der Waals surface area (Å²) in [5, 5.41) is 0. The standard InChI is InChI=1S/C11H29NSi3/c1-5-6-7-12-9-10(13-2)8-11(12,14-3)15-4/h10H,5-9,13-15H2,1-4H3. The average molecular weight is 260 g/mol. The molecule has 1 unspecified atom stereocenters. The summed E-state index contributed by atoms with van der Waals surface area (Å²) >= 11 is 0. The summed E-state index contributed by atoms with van der Waals surface area (Å²) in [5.41, 5.74) is 1.17. The van der Waals surface area contributed by atoms with Gasteiger partial charge in [0.2, 0.25) is 0 Å². The Labute approximate surface area is 103 Å². The van der Waals surface area contributed by atoms with Crippen LogP contribution in [0.25, 0.3) is 0 Å². The Kier molecular flexibility index (Phi) is 5.81. The van der Waals surface area contributed by atoms with Gasteiger partial charge >= 0.3 is 0 Å². The van der Waals surface area contributed by atoms with Gasteiger partial charge in [-0.05, 0) is 36.3 Å². The van der Waals surface area contributed by atoms with E-state index >= 15 is 0 Å². The number of likely N-dealkylation sites (tertiary alicyclic amines) is 1. The smallest absolute Gasteiger partial charge is 0.0371 e. The minimum atomic E-state index is 0.177. The fourth-order valence-electron chi connectivity index (χ4n) is 3.17. The van der Waals surface area contributed by atoms with E-state index in [1.807, 2.05) is 0 Å². The molecule has 90 valence electrons. The highest BCUT2D eigenvalue weighted by Crippen LogP contribution is 2.35. The van der Waals surface area contributed by atoms with Crippen LogP contribution in [-0.2, 0) is 0 Å². The van der Waals surface area contributed by atoms with Crippen LogP contribution < -0.4 is 0 Å². The Bertz CT molecular complexity index is 183. The molecule has 0 bridgehead atoms. The van der Waals surface area contributed by atoms with Gasteiger partial charge in [-0.3, -0.25) is 0 Å². The summed E-state index contributed by atoms with van der Waals surface area (Å²) < 4.78 is 0. The molecule has 1 rings (SSSR count). The van der Waals surface area contributed by atoms with E-state index in [0.717, 1.165) is 4.79 Å². The highest BCUT2D eigenvalue weighted by Gasteiger charge is 2.41. The molecule has 1 fully saturated rings. The largest absolute Gasteiger partial charge is 0.304 e. The van der Waals surface area contributed by atoms with E-state index in [9.17, 15) is 0 Å². The first-order chi connectivity index (χ1) is 7.22. The van der Waals surface area contributed by atoms with Crippen LogP contribution in [0.1, 0.15) is 26.2 Å². The van der Waals surface area contributed by atoms with Crippen LogP contribution in [0.2, 0.25) is 25.2 Å². The van der Waals surface area contributed by atoms with Crippen molar-refractivity contribution in [1.29, 1.82) is 0 Å². The molecule has 0 aromatic heterocycles. The summed E-state index contributed by atoms with van der Waals surface area (Å²) in [7, 11) is 0.605. The molecule has 1 aliphatic rings. The summed E-state index contributed by atoms with van der Waals surface area (Å²) in [4.78, 5) is 3.82. The number of unbranched alkanes of at least 4 members (excludes halogenated alkanes) is 1. The maximum atomic E-state index is 2.95. The highest BCUT2D eigenvalue weighted by molar-refractivity contribution is 6.61. The van der Waals surface area contributed by atoms with E-state index in [1.54, 1.807) is 6.42 Å². The van der Waals surface area contributed by atoms with Crippen molar-refractivity contribution in [2.75, 3.05) is 13.1 Å². The predicted octanol–water partition coefficient (Wildman–Crippen LogP) is 0.585. The van der Waals surface area contributed by atoms with Crippen molar-refractivity contribution in [3.05, 3.63) is 0 Å². The SMILES string of the molecule is CCCCN1CC([SiH2]C)CC1([SiH2]C)[SiH2]C. The van der Waals surface area contributed by atoms with Crippen molar-refractivity contribution in [1.82, 2.24) is 4.90 Å². The molecule has 0 saturated carbocycles. The summed E-state index contributed by atoms with van der Waals surface area (Å²) in [6.07, 6.45) is 4.44. The molecule has 1 nitrogen and oxygen atoms in total. The molecule has 0 N–H and O–H groups in total. The molecule has 1 heterocycles. The van der Waals surface area contributed by atoms with Gasteiger partial charge in [0.1, 0.15) is 0 Å². The van der Waals surface area contributed by atoms with E-state index in [0.29, 0.717) is 0 Å². The Morgan fingerprint density at radius 1 is 1.27 bits per heavy atom. The zero-order chi connectivity index (χ0) is 11.3. The van der Waals surface area contributed by atoms with E-state index in [-0.39, 0.29) is 28.6 Å². The fourth-order valence-corrected chi connectivity index (χ4v) is 10.2. The monoisotopic (exact) mass is 259 g/mol. The summed E-state index contributed by atoms with van der Waals surface area (Å²) in [6, 6.07) is 0. The van der Waals surface area contributed by atoms with Gasteiger partial charge in [0.05, 0.1) is 0 Å². The van der Waals surface area contributed by atoms with Crippen molar-refractivity contribution in [3.8, 4) is 0 Å². The number of hydrogen-bond donors (Lipinski definition) is 0. The Morgan fingerprint density at radius 2 is 1.93 bits per heavy atom. The van der Waals surface area contributed by atoms with Crippen LogP contribution in [0.4, 0.5) is 0 Å². The molecular weight excluding hydrogens is 230 g/mol. The molecule has 1 saturated heterocycles. The predicted molar refractivity (Wildman–Crippen MR) is 80.8 cm³/mol. The normalized spacial score (nSPS) is 34.8. The van der Waals surface area contributed by atoms with Crippen LogP contribution in [-0.4, -0.2) is 51.3 Å². The van der Waals surface area contributed by atoms with Crippen molar-refractivity contribution in [2.24, 2.45) is 0 Å². The van der Waals surface area contributed by atoms with Gasteiger partial charge in [-0.25, -0.2) is 0 Å². The lowest BCUT2D eigenvalue weighted by atomic mass is 10.3. The first kappa shape index (κ1) is 13.7. The third kappa shape index (κ3) is 3.05. The number of nitrogens with zero attached hydrogens (tertiary/aromatic N) is 1. The maximum absolute atomic E-state index is 2.95. The van der Waals surface area contributed by atoms with Gasteiger partial charge in [0.15, 0.2) is 0 Å². The molecule has 1 atom stereocenters. The van der Waals surface area contributed by atoms with Crippen LogP contribution in [0, 0.1) is 0 Å². The minimum Gasteiger partial charge on any atom is -0.304 e. The van der Waals surface area contributed by atoms with E-state index in [1.165, 1.54) is 31.5 Å². The second-order valence-corrected chi connectivity index (χ2v) is 12.2. The van der Waals surface area contributed by atoms with Gasteiger partial charge in [0, 0.05) is 28.6 Å². The van der Waals surface area contributed by atoms with Crippen LogP contribution in [0.5, 0.6) is 0 Å². The van der Waals surface area contributed by atoms with Gasteiger partial charge in [0.25, 0.3) is 0 Å². The lowest BCUT2D eigenvalue weighted by molar-refractivity contribution is 0.274. The first-order valence-electron chi connectivity index (χ1n) is 6.97. The molecule has 0 aliphatic carbocycles. The van der Waals surface area contributed by atoms with Crippen LogP contribution in [0.3, 0.4) is 0 Å². The van der Waals surface area contributed by atoms with E-state index in [4.69, 9.17) is 0 Å². The zero-order valence-corrected chi connectivity index (χ0v) is 15.4. The molecule has 0 radical (unpaired) electrons. The van der Waals surface area contributed by atoms with Crippen molar-refractivity contribution in [3.63, 3.8) is 0 Å². The van der Waals surface area contributed by atoms with Gasteiger partial charge in [-0.15, -0.1) is 0 Å². The zero-order valence-electron chi connectivity index (χ0n) is 11.2. The molecule has 0 aromatic carbocycles. The molecule has 0 amide bonds. The molecule has 4 heteroatoms. The third-order valence-electron chi connectivity index (χ3n) is 4.49. The molecule has 15 heavy (non-hydrogen) atoms. The first-order valence-corrected chi connectivity index (χ1v) is 13.4. The second kappa shape index (κ2) is 6.37. The van der Waals surface area contributed by atoms with Crippen LogP contribution >= 0.6 is 0 Å². The van der Waals surface area contributed by atoms with E-state index < -0.39 is 0 Å². The summed E-state index contributed by atoms with van der Waals surface area (Å²) in [5.74, 6) is 0. The quantitative estimate of drug-likeness (QED) is 0.631. The van der Waals surface area contributed by atoms with E-state index in [2.05, 4.69) is 31.5 Å². The Hall–Kier alpha value is 0.611. The lowest BCUT2D eigenvalue weighted by Crippen LogP contribution is -2.52. The minimum absolute atomic E-state index is 0.177. The van der Waals surface area contributed by atoms with Crippen molar-refractivity contribution < 1.29 is 0 Å². The molecular formula is C11H29NSi3. The van der Waals surface area contributed by atoms with Crippen molar-refractivity contribution in [2.45, 2.75) is 56.2 Å². The second-order valence-electron chi connectivity index (χ2n) is 5.21. The lowest BCUT2D eigenvalue weighted by Gasteiger charge is -2.37. The Balaban J connectivity index is 2.63. The van der Waals surface area contributed by atoms with Gasteiger partial charge in [-0.1, -0.05) is 33.0 Å². The maximum Gasteiger partial charge on any atom is 0.0371 e. The van der Waals surface area contributed by atoms with Crippen LogP contribution in [0.15, 0.2) is 0 Å². The topological polar surface area (TPSA) is 3.24 Å². The molecule has 0 aromatic rings. The Morgan fingerprint density at radius 3 is 2.40 bits per heavy atom. The highest BCUT2D eigenvalue weighted by atomic mass is 28.3. The third-order valence-corrected chi connectivity index (χ3v) is 13.3. The van der Waals surface area contributed by atoms with Gasteiger partial charge < -0.3 is 4.90 Å². The van der Waals surface area contributed by atoms with Crippen molar-refractivity contribution >= 4 is 28.6 Å². The number of hydrogen-bond acceptors (Lipinski definition) is 1. The molecule has 1 aliphatic heterocycles. The fraction of sp³-hybridized carbons (Fsp3) is 1.00. The van der Waals surface area contributed by atoms with Gasteiger partial charge in [-0.2, -0.15) is 0 Å².